The number of amides is 1. The number of hydrogen-bond acceptors (Lipinski definition) is 3. The zero-order chi connectivity index (χ0) is 21.6. The molecule has 6 unspecified atom stereocenters. The maximum absolute atomic E-state index is 13.4. The molecular formula is C27H45N3O. The van der Waals surface area contributed by atoms with Crippen molar-refractivity contribution in [1.29, 1.82) is 0 Å². The SMILES string of the molecule is C=C(N1CCN(C(=O)C2CCC(C3CCC4NCCCC4C3)CC2C)CC1)C1(C)CC1. The third-order valence-corrected chi connectivity index (χ3v) is 10.0. The Bertz CT molecular complexity index is 678. The smallest absolute Gasteiger partial charge is 0.226 e. The van der Waals surface area contributed by atoms with Crippen LogP contribution in [0.15, 0.2) is 12.3 Å². The van der Waals surface area contributed by atoms with E-state index in [9.17, 15) is 4.79 Å². The molecule has 1 amide bonds. The van der Waals surface area contributed by atoms with Crippen molar-refractivity contribution in [2.45, 2.75) is 84.1 Å². The highest BCUT2D eigenvalue weighted by atomic mass is 16.2. The summed E-state index contributed by atoms with van der Waals surface area (Å²) >= 11 is 0. The van der Waals surface area contributed by atoms with Crippen LogP contribution in [0.5, 0.6) is 0 Å². The molecule has 174 valence electrons. The van der Waals surface area contributed by atoms with Gasteiger partial charge in [-0.15, -0.1) is 0 Å². The average Bonchev–Trinajstić information content (AvgIpc) is 3.56. The number of carbonyl (C=O) groups is 1. The molecule has 3 saturated carbocycles. The Balaban J connectivity index is 1.11. The number of hydrogen-bond donors (Lipinski definition) is 1. The number of nitrogens with zero attached hydrogens (tertiary/aromatic N) is 2. The van der Waals surface area contributed by atoms with Crippen molar-refractivity contribution in [3.63, 3.8) is 0 Å². The Hall–Kier alpha value is -1.03. The van der Waals surface area contributed by atoms with E-state index in [0.717, 1.165) is 56.4 Å². The molecule has 4 heteroatoms. The van der Waals surface area contributed by atoms with Gasteiger partial charge in [-0.1, -0.05) is 20.4 Å². The molecular weight excluding hydrogens is 382 g/mol. The maximum atomic E-state index is 13.4. The monoisotopic (exact) mass is 427 g/mol. The fraction of sp³-hybridized carbons (Fsp3) is 0.889. The zero-order valence-corrected chi connectivity index (χ0v) is 20.1. The molecule has 0 bridgehead atoms. The van der Waals surface area contributed by atoms with Crippen molar-refractivity contribution >= 4 is 5.91 Å². The van der Waals surface area contributed by atoms with Crippen molar-refractivity contribution in [2.75, 3.05) is 32.7 Å². The second-order valence-corrected chi connectivity index (χ2v) is 12.0. The minimum atomic E-state index is 0.264. The summed E-state index contributed by atoms with van der Waals surface area (Å²) in [5.74, 6) is 3.96. The second kappa shape index (κ2) is 8.72. The van der Waals surface area contributed by atoms with E-state index < -0.39 is 0 Å². The lowest BCUT2D eigenvalue weighted by atomic mass is 9.64. The molecule has 2 heterocycles. The maximum Gasteiger partial charge on any atom is 0.226 e. The number of carbonyl (C=O) groups excluding carboxylic acids is 1. The quantitative estimate of drug-likeness (QED) is 0.708. The van der Waals surface area contributed by atoms with E-state index in [1.807, 2.05) is 0 Å². The lowest BCUT2D eigenvalue weighted by Crippen LogP contribution is -2.52. The zero-order valence-electron chi connectivity index (χ0n) is 20.1. The molecule has 2 aliphatic heterocycles. The van der Waals surface area contributed by atoms with Gasteiger partial charge in [0.1, 0.15) is 0 Å². The molecule has 1 N–H and O–H groups in total. The minimum absolute atomic E-state index is 0.264. The van der Waals surface area contributed by atoms with Crippen LogP contribution in [0.1, 0.15) is 78.1 Å². The molecule has 4 nitrogen and oxygen atoms in total. The number of rotatable bonds is 4. The summed E-state index contributed by atoms with van der Waals surface area (Å²) in [6, 6.07) is 0.803. The van der Waals surface area contributed by atoms with E-state index in [1.165, 1.54) is 70.0 Å². The summed E-state index contributed by atoms with van der Waals surface area (Å²) in [5, 5.41) is 3.77. The first-order chi connectivity index (χ1) is 14.9. The fourth-order valence-electron chi connectivity index (χ4n) is 7.49. The van der Waals surface area contributed by atoms with E-state index in [-0.39, 0.29) is 5.92 Å². The van der Waals surface area contributed by atoms with Gasteiger partial charge in [-0.2, -0.15) is 0 Å². The summed E-state index contributed by atoms with van der Waals surface area (Å²) in [6.07, 6.45) is 13.3. The van der Waals surface area contributed by atoms with Crippen LogP contribution in [-0.2, 0) is 4.79 Å². The van der Waals surface area contributed by atoms with Crippen LogP contribution in [0.2, 0.25) is 0 Å². The number of allylic oxidation sites excluding steroid dienone is 1. The Morgan fingerprint density at radius 2 is 1.58 bits per heavy atom. The van der Waals surface area contributed by atoms with Crippen LogP contribution in [0.25, 0.3) is 0 Å². The van der Waals surface area contributed by atoms with Crippen molar-refractivity contribution in [3.8, 4) is 0 Å². The lowest BCUT2D eigenvalue weighted by Gasteiger charge is -2.46. The third kappa shape index (κ3) is 4.43. The van der Waals surface area contributed by atoms with Gasteiger partial charge in [-0.25, -0.2) is 0 Å². The summed E-state index contributed by atoms with van der Waals surface area (Å²) in [5.41, 5.74) is 1.67. The molecule has 0 radical (unpaired) electrons. The van der Waals surface area contributed by atoms with Gasteiger partial charge in [0.05, 0.1) is 0 Å². The van der Waals surface area contributed by atoms with Crippen LogP contribution in [0.3, 0.4) is 0 Å². The summed E-state index contributed by atoms with van der Waals surface area (Å²) in [6.45, 7) is 14.0. The minimum Gasteiger partial charge on any atom is -0.371 e. The van der Waals surface area contributed by atoms with Gasteiger partial charge in [0.2, 0.25) is 5.91 Å². The van der Waals surface area contributed by atoms with E-state index in [4.69, 9.17) is 0 Å². The standard InChI is InChI=1S/C27H45N3O/c1-19-17-21(22-7-9-25-23(18-22)5-4-12-28-25)6-8-24(19)26(31)30-15-13-29(14-16-30)20(2)27(3)10-11-27/h19,21-25,28H,2,4-18H2,1,3H3. The molecule has 5 rings (SSSR count). The fourth-order valence-corrected chi connectivity index (χ4v) is 7.49. The van der Waals surface area contributed by atoms with Crippen molar-refractivity contribution in [3.05, 3.63) is 12.3 Å². The van der Waals surface area contributed by atoms with Gasteiger partial charge in [-0.05, 0) is 94.4 Å². The molecule has 6 atom stereocenters. The summed E-state index contributed by atoms with van der Waals surface area (Å²) in [4.78, 5) is 18.0. The van der Waals surface area contributed by atoms with Crippen LogP contribution in [0.4, 0.5) is 0 Å². The highest BCUT2D eigenvalue weighted by Gasteiger charge is 2.44. The highest BCUT2D eigenvalue weighted by Crippen LogP contribution is 2.52. The van der Waals surface area contributed by atoms with E-state index >= 15 is 0 Å². The normalized spacial score (nSPS) is 40.2. The van der Waals surface area contributed by atoms with E-state index in [0.29, 0.717) is 17.2 Å². The van der Waals surface area contributed by atoms with Gasteiger partial charge in [0, 0.05) is 49.3 Å². The summed E-state index contributed by atoms with van der Waals surface area (Å²) in [7, 11) is 0. The van der Waals surface area contributed by atoms with Crippen molar-refractivity contribution in [2.24, 2.45) is 35.0 Å². The number of piperidine rings is 1. The molecule has 5 aliphatic rings. The molecule has 3 aliphatic carbocycles. The Kier molecular flexibility index (Phi) is 6.13. The van der Waals surface area contributed by atoms with Gasteiger partial charge in [0.15, 0.2) is 0 Å². The number of nitrogens with one attached hydrogen (secondary N) is 1. The number of fused-ring (bicyclic) bond motifs is 1. The van der Waals surface area contributed by atoms with Gasteiger partial charge in [-0.3, -0.25) is 4.79 Å². The van der Waals surface area contributed by atoms with Gasteiger partial charge >= 0.3 is 0 Å². The average molecular weight is 428 g/mol. The number of piperazine rings is 1. The van der Waals surface area contributed by atoms with Crippen LogP contribution in [-0.4, -0.2) is 54.5 Å². The van der Waals surface area contributed by atoms with Crippen LogP contribution in [0, 0.1) is 35.0 Å². The molecule has 31 heavy (non-hydrogen) atoms. The Labute approximate surface area is 190 Å². The topological polar surface area (TPSA) is 35.6 Å². The predicted molar refractivity (Wildman–Crippen MR) is 126 cm³/mol. The van der Waals surface area contributed by atoms with E-state index in [2.05, 4.69) is 35.5 Å². The summed E-state index contributed by atoms with van der Waals surface area (Å²) < 4.78 is 0. The van der Waals surface area contributed by atoms with Crippen LogP contribution < -0.4 is 5.32 Å². The largest absolute Gasteiger partial charge is 0.371 e. The predicted octanol–water partition coefficient (Wildman–Crippen LogP) is 4.67. The Morgan fingerprint density at radius 3 is 2.29 bits per heavy atom. The van der Waals surface area contributed by atoms with Crippen molar-refractivity contribution in [1.82, 2.24) is 15.1 Å². The van der Waals surface area contributed by atoms with Gasteiger partial charge in [0.25, 0.3) is 0 Å². The van der Waals surface area contributed by atoms with Crippen LogP contribution >= 0.6 is 0 Å². The highest BCUT2D eigenvalue weighted by molar-refractivity contribution is 5.79. The van der Waals surface area contributed by atoms with Gasteiger partial charge < -0.3 is 15.1 Å². The molecule has 0 aromatic rings. The first-order valence-corrected chi connectivity index (χ1v) is 13.4. The molecule has 0 spiro atoms. The third-order valence-electron chi connectivity index (χ3n) is 10.0. The lowest BCUT2D eigenvalue weighted by molar-refractivity contribution is -0.140. The van der Waals surface area contributed by atoms with E-state index in [1.54, 1.807) is 0 Å². The molecule has 0 aromatic carbocycles. The first-order valence-electron chi connectivity index (χ1n) is 13.4. The first kappa shape index (κ1) is 21.8. The molecule has 0 aromatic heterocycles. The van der Waals surface area contributed by atoms with Crippen molar-refractivity contribution < 1.29 is 4.79 Å². The molecule has 5 fully saturated rings. The Morgan fingerprint density at radius 1 is 0.903 bits per heavy atom. The molecule has 2 saturated heterocycles. The second-order valence-electron chi connectivity index (χ2n) is 12.0.